The number of hydrogen-bond donors (Lipinski definition) is 1. The molecule has 31 heavy (non-hydrogen) atoms. The number of fused-ring (bicyclic) bond motifs is 1. The van der Waals surface area contributed by atoms with E-state index in [2.05, 4.69) is 24.1 Å². The quantitative estimate of drug-likeness (QED) is 0.492. The Balaban J connectivity index is 1.53. The maximum Gasteiger partial charge on any atom is 0.222 e. The van der Waals surface area contributed by atoms with Crippen molar-refractivity contribution in [1.82, 2.24) is 15.3 Å². The monoisotopic (exact) mass is 436 g/mol. The van der Waals surface area contributed by atoms with Gasteiger partial charge in [0, 0.05) is 42.4 Å². The highest BCUT2D eigenvalue weighted by atomic mass is 35.5. The van der Waals surface area contributed by atoms with Crippen LogP contribution in [-0.2, 0) is 11.3 Å². The second-order valence-corrected chi connectivity index (χ2v) is 9.13. The van der Waals surface area contributed by atoms with Crippen LogP contribution in [0.25, 0.3) is 10.9 Å². The zero-order valence-corrected chi connectivity index (χ0v) is 18.9. The number of nitrogens with zero attached hydrogens (tertiary/aromatic N) is 3. The predicted octanol–water partition coefficient (Wildman–Crippen LogP) is 5.33. The summed E-state index contributed by atoms with van der Waals surface area (Å²) in [6, 6.07) is 15.8. The lowest BCUT2D eigenvalue weighted by Gasteiger charge is -2.27. The van der Waals surface area contributed by atoms with Crippen molar-refractivity contribution in [1.29, 1.82) is 0 Å². The summed E-state index contributed by atoms with van der Waals surface area (Å²) in [4.78, 5) is 24.5. The van der Waals surface area contributed by atoms with Crippen molar-refractivity contribution in [2.45, 2.75) is 45.6 Å². The van der Waals surface area contributed by atoms with Crippen LogP contribution in [-0.4, -0.2) is 29.0 Å². The Morgan fingerprint density at radius 1 is 1.16 bits per heavy atom. The highest BCUT2D eigenvalue weighted by Crippen LogP contribution is 2.40. The van der Waals surface area contributed by atoms with Gasteiger partial charge in [-0.05, 0) is 42.5 Å². The molecular weight excluding hydrogens is 408 g/mol. The second-order valence-electron chi connectivity index (χ2n) is 8.69. The highest BCUT2D eigenvalue weighted by molar-refractivity contribution is 6.31. The van der Waals surface area contributed by atoms with Crippen LogP contribution in [0.3, 0.4) is 0 Å². The Morgan fingerprint density at radius 3 is 2.65 bits per heavy atom. The van der Waals surface area contributed by atoms with E-state index in [0.29, 0.717) is 36.4 Å². The summed E-state index contributed by atoms with van der Waals surface area (Å²) < 4.78 is 0. The van der Waals surface area contributed by atoms with Crippen molar-refractivity contribution in [3.63, 3.8) is 0 Å². The molecule has 0 radical (unpaired) electrons. The minimum atomic E-state index is 0.0430. The van der Waals surface area contributed by atoms with E-state index in [1.165, 1.54) is 0 Å². The summed E-state index contributed by atoms with van der Waals surface area (Å²) in [5, 5.41) is 4.69. The van der Waals surface area contributed by atoms with Gasteiger partial charge in [-0.2, -0.15) is 0 Å². The van der Waals surface area contributed by atoms with Gasteiger partial charge < -0.3 is 10.2 Å². The molecule has 1 N–H and O–H groups in total. The Morgan fingerprint density at radius 2 is 1.94 bits per heavy atom. The molecule has 0 atom stereocenters. The Kier molecular flexibility index (Phi) is 6.71. The third kappa shape index (κ3) is 5.73. The minimum absolute atomic E-state index is 0.0430. The lowest BCUT2D eigenvalue weighted by molar-refractivity contribution is -0.121. The number of amides is 1. The molecule has 1 aliphatic rings. The maximum absolute atomic E-state index is 12.5. The fourth-order valence-electron chi connectivity index (χ4n) is 3.71. The van der Waals surface area contributed by atoms with Crippen LogP contribution in [0.4, 0.5) is 5.82 Å². The first-order chi connectivity index (χ1) is 15.0. The topological polar surface area (TPSA) is 58.1 Å². The van der Waals surface area contributed by atoms with Gasteiger partial charge in [-0.3, -0.25) is 4.79 Å². The van der Waals surface area contributed by atoms with Gasteiger partial charge in [0.25, 0.3) is 0 Å². The number of anilines is 1. The Labute approximate surface area is 188 Å². The van der Waals surface area contributed by atoms with Crippen molar-refractivity contribution in [2.75, 3.05) is 18.0 Å². The van der Waals surface area contributed by atoms with E-state index in [1.807, 2.05) is 48.5 Å². The Hall–Kier alpha value is -2.66. The molecule has 1 aromatic heterocycles. The normalized spacial score (nSPS) is 13.5. The number of hydrogen-bond acceptors (Lipinski definition) is 4. The lowest BCUT2D eigenvalue weighted by Crippen LogP contribution is -2.34. The molecular formula is C25H29ClN4O. The van der Waals surface area contributed by atoms with E-state index in [-0.39, 0.29) is 5.91 Å². The molecule has 0 aliphatic heterocycles. The van der Waals surface area contributed by atoms with Gasteiger partial charge in [0.05, 0.1) is 5.52 Å². The number of benzene rings is 2. The molecule has 1 amide bonds. The molecule has 2 aromatic carbocycles. The van der Waals surface area contributed by atoms with Gasteiger partial charge in [-0.15, -0.1) is 0 Å². The fraction of sp³-hybridized carbons (Fsp3) is 0.400. The van der Waals surface area contributed by atoms with Gasteiger partial charge in [0.2, 0.25) is 5.91 Å². The van der Waals surface area contributed by atoms with Gasteiger partial charge in [-0.25, -0.2) is 9.97 Å². The molecule has 3 aromatic rings. The fourth-order valence-corrected chi connectivity index (χ4v) is 3.88. The molecule has 0 saturated heterocycles. The number of carbonyl (C=O) groups is 1. The predicted molar refractivity (Wildman–Crippen MR) is 126 cm³/mol. The zero-order valence-electron chi connectivity index (χ0n) is 18.1. The van der Waals surface area contributed by atoms with Crippen molar-refractivity contribution >= 4 is 34.2 Å². The standard InChI is InChI=1S/C25H29ClN4O/c1-17(2)16-30(13-12-23(31)27-15-18-6-4-3-5-7-18)25-21-11-10-20(26)14-22(21)28-24(29-25)19-8-9-19/h3-7,10-11,14,17,19H,8-9,12-13,15-16H2,1-2H3,(H,27,31). The first kappa shape index (κ1) is 21.6. The SMILES string of the molecule is CC(C)CN(CCC(=O)NCc1ccccc1)c1nc(C2CC2)nc2cc(Cl)ccc12. The molecule has 1 heterocycles. The van der Waals surface area contributed by atoms with Crippen LogP contribution in [0, 0.1) is 5.92 Å². The highest BCUT2D eigenvalue weighted by Gasteiger charge is 2.28. The molecule has 1 saturated carbocycles. The number of nitrogens with one attached hydrogen (secondary N) is 1. The van der Waals surface area contributed by atoms with Crippen molar-refractivity contribution in [3.05, 3.63) is 64.9 Å². The Bertz CT molecular complexity index is 1050. The van der Waals surface area contributed by atoms with Gasteiger partial charge >= 0.3 is 0 Å². The second kappa shape index (κ2) is 9.65. The number of aromatic nitrogens is 2. The van der Waals surface area contributed by atoms with Crippen molar-refractivity contribution in [2.24, 2.45) is 5.92 Å². The van der Waals surface area contributed by atoms with Gasteiger partial charge in [0.1, 0.15) is 11.6 Å². The smallest absolute Gasteiger partial charge is 0.222 e. The van der Waals surface area contributed by atoms with Crippen LogP contribution in [0.5, 0.6) is 0 Å². The summed E-state index contributed by atoms with van der Waals surface area (Å²) >= 11 is 6.24. The van der Waals surface area contributed by atoms with Crippen molar-refractivity contribution in [3.8, 4) is 0 Å². The molecule has 0 spiro atoms. The summed E-state index contributed by atoms with van der Waals surface area (Å²) in [5.74, 6) is 2.73. The van der Waals surface area contributed by atoms with E-state index in [9.17, 15) is 4.79 Å². The zero-order chi connectivity index (χ0) is 21.8. The van der Waals surface area contributed by atoms with Crippen LogP contribution < -0.4 is 10.2 Å². The van der Waals surface area contributed by atoms with E-state index < -0.39 is 0 Å². The number of halogens is 1. The summed E-state index contributed by atoms with van der Waals surface area (Å²) in [7, 11) is 0. The lowest BCUT2D eigenvalue weighted by atomic mass is 10.1. The van der Waals surface area contributed by atoms with E-state index in [1.54, 1.807) is 0 Å². The third-order valence-electron chi connectivity index (χ3n) is 5.42. The van der Waals surface area contributed by atoms with Crippen LogP contribution >= 0.6 is 11.6 Å². The minimum Gasteiger partial charge on any atom is -0.355 e. The van der Waals surface area contributed by atoms with Gasteiger partial charge in [0.15, 0.2) is 0 Å². The van der Waals surface area contributed by atoms with E-state index in [4.69, 9.17) is 21.6 Å². The van der Waals surface area contributed by atoms with Crippen LogP contribution in [0.2, 0.25) is 5.02 Å². The summed E-state index contributed by atoms with van der Waals surface area (Å²) in [5.41, 5.74) is 1.98. The molecule has 0 bridgehead atoms. The van der Waals surface area contributed by atoms with Gasteiger partial charge in [-0.1, -0.05) is 55.8 Å². The van der Waals surface area contributed by atoms with E-state index >= 15 is 0 Å². The molecule has 6 heteroatoms. The van der Waals surface area contributed by atoms with Crippen LogP contribution in [0.15, 0.2) is 48.5 Å². The molecule has 0 unspecified atom stereocenters. The molecule has 5 nitrogen and oxygen atoms in total. The van der Waals surface area contributed by atoms with Crippen LogP contribution in [0.1, 0.15) is 50.4 Å². The number of carbonyl (C=O) groups excluding carboxylic acids is 1. The molecule has 1 fully saturated rings. The average Bonchev–Trinajstić information content (AvgIpc) is 3.60. The third-order valence-corrected chi connectivity index (χ3v) is 5.66. The molecule has 4 rings (SSSR count). The summed E-state index contributed by atoms with van der Waals surface area (Å²) in [6.07, 6.45) is 2.69. The maximum atomic E-state index is 12.5. The average molecular weight is 437 g/mol. The molecule has 1 aliphatic carbocycles. The first-order valence-corrected chi connectivity index (χ1v) is 11.4. The number of rotatable bonds is 9. The van der Waals surface area contributed by atoms with E-state index in [0.717, 1.165) is 47.5 Å². The van der Waals surface area contributed by atoms with Crippen molar-refractivity contribution < 1.29 is 4.79 Å². The summed E-state index contributed by atoms with van der Waals surface area (Å²) in [6.45, 7) is 6.35. The largest absolute Gasteiger partial charge is 0.355 e. The first-order valence-electron chi connectivity index (χ1n) is 11.0. The molecule has 162 valence electrons.